The minimum absolute atomic E-state index is 0.0714. The molecule has 1 saturated carbocycles. The fourth-order valence-corrected chi connectivity index (χ4v) is 8.44. The van der Waals surface area contributed by atoms with E-state index in [0.29, 0.717) is 63.3 Å². The van der Waals surface area contributed by atoms with Crippen LogP contribution in [-0.2, 0) is 60.9 Å². The van der Waals surface area contributed by atoms with E-state index in [1.54, 1.807) is 61.7 Å². The van der Waals surface area contributed by atoms with E-state index in [9.17, 15) is 23.1 Å². The highest BCUT2D eigenvalue weighted by Gasteiger charge is 2.61. The first kappa shape index (κ1) is 45.8. The summed E-state index contributed by atoms with van der Waals surface area (Å²) in [4.78, 5) is 28.3. The van der Waals surface area contributed by atoms with Gasteiger partial charge in [0.2, 0.25) is 21.8 Å². The van der Waals surface area contributed by atoms with Gasteiger partial charge < -0.3 is 36.7 Å². The molecule has 0 bridgehead atoms. The van der Waals surface area contributed by atoms with E-state index in [1.807, 2.05) is 60.7 Å². The highest BCUT2D eigenvalue weighted by atomic mass is 32.2. The van der Waals surface area contributed by atoms with Crippen molar-refractivity contribution in [3.63, 3.8) is 0 Å². The molecule has 2 unspecified atom stereocenters. The zero-order chi connectivity index (χ0) is 43.0. The Bertz CT molecular complexity index is 2170. The third-order valence-electron chi connectivity index (χ3n) is 10.3. The molecular formula is C45H57N7O7S. The number of hydrogen-bond donors (Lipinski definition) is 8. The lowest BCUT2D eigenvalue weighted by Crippen LogP contribution is -2.55. The van der Waals surface area contributed by atoms with Crippen LogP contribution in [0.15, 0.2) is 109 Å². The number of methoxy groups -OCH3 is 1. The van der Waals surface area contributed by atoms with E-state index in [0.717, 1.165) is 27.8 Å². The number of ether oxygens (including phenoxy) is 2. The summed E-state index contributed by atoms with van der Waals surface area (Å²) in [5, 5.41) is 26.8. The van der Waals surface area contributed by atoms with Crippen LogP contribution >= 0.6 is 0 Å². The van der Waals surface area contributed by atoms with Gasteiger partial charge in [0.25, 0.3) is 0 Å². The van der Waals surface area contributed by atoms with Crippen molar-refractivity contribution in [2.75, 3.05) is 26.9 Å². The molecule has 4 atom stereocenters. The van der Waals surface area contributed by atoms with E-state index in [4.69, 9.17) is 26.4 Å². The summed E-state index contributed by atoms with van der Waals surface area (Å²) >= 11 is 0. The van der Waals surface area contributed by atoms with Crippen LogP contribution in [0.4, 0.5) is 0 Å². The number of amidine groups is 1. The number of aliphatic hydroxyl groups is 1. The Morgan fingerprint density at radius 2 is 1.62 bits per heavy atom. The predicted molar refractivity (Wildman–Crippen MR) is 233 cm³/mol. The van der Waals surface area contributed by atoms with E-state index >= 15 is 0 Å². The van der Waals surface area contributed by atoms with Gasteiger partial charge in [0.15, 0.2) is 0 Å². The van der Waals surface area contributed by atoms with Gasteiger partial charge in [-0.15, -0.1) is 0 Å². The molecule has 0 aliphatic heterocycles. The molecule has 5 rings (SSSR count). The number of amides is 2. The van der Waals surface area contributed by atoms with Crippen molar-refractivity contribution in [2.45, 2.75) is 68.9 Å². The summed E-state index contributed by atoms with van der Waals surface area (Å²) in [6.45, 7) is 2.01. The largest absolute Gasteiger partial charge is 0.384 e. The SMILES string of the molecule is COCCOCCC(O)NCc1cccc(CS(=O)(=O)NC2(C(=O)N[C@H](/C=C/c3cccc(CN)c3)C(=O)NCc3ccc(C(=N)N)cc3)C[C@H]2CCc2ccccc2)c1. The Morgan fingerprint density at radius 3 is 2.35 bits per heavy atom. The zero-order valence-corrected chi connectivity index (χ0v) is 34.8. The lowest BCUT2D eigenvalue weighted by molar-refractivity contribution is -0.129. The van der Waals surface area contributed by atoms with Gasteiger partial charge in [-0.25, -0.2) is 8.42 Å². The Morgan fingerprint density at radius 1 is 0.900 bits per heavy atom. The first-order chi connectivity index (χ1) is 28.9. The summed E-state index contributed by atoms with van der Waals surface area (Å²) in [6, 6.07) is 30.0. The van der Waals surface area contributed by atoms with Gasteiger partial charge in [0, 0.05) is 38.7 Å². The van der Waals surface area contributed by atoms with Crippen LogP contribution in [0.1, 0.15) is 58.2 Å². The summed E-state index contributed by atoms with van der Waals surface area (Å²) in [6.07, 6.45) is 4.27. The predicted octanol–water partition coefficient (Wildman–Crippen LogP) is 3.22. The molecule has 1 aliphatic rings. The molecule has 15 heteroatoms. The second-order valence-corrected chi connectivity index (χ2v) is 16.7. The van der Waals surface area contributed by atoms with Gasteiger partial charge in [0.1, 0.15) is 23.6 Å². The van der Waals surface area contributed by atoms with Gasteiger partial charge in [-0.05, 0) is 58.6 Å². The maximum Gasteiger partial charge on any atom is 0.246 e. The first-order valence-electron chi connectivity index (χ1n) is 20.0. The minimum atomic E-state index is -4.10. The lowest BCUT2D eigenvalue weighted by Gasteiger charge is -2.23. The van der Waals surface area contributed by atoms with Crippen molar-refractivity contribution in [1.82, 2.24) is 20.7 Å². The summed E-state index contributed by atoms with van der Waals surface area (Å²) in [5.41, 5.74) is 15.3. The van der Waals surface area contributed by atoms with Gasteiger partial charge >= 0.3 is 0 Å². The van der Waals surface area contributed by atoms with Crippen molar-refractivity contribution in [3.05, 3.63) is 148 Å². The van der Waals surface area contributed by atoms with Crippen LogP contribution in [0.25, 0.3) is 6.08 Å². The molecule has 14 nitrogen and oxygen atoms in total. The van der Waals surface area contributed by atoms with Crippen LogP contribution in [-0.4, -0.2) is 75.9 Å². The summed E-state index contributed by atoms with van der Waals surface area (Å²) in [5.74, 6) is -1.90. The fourth-order valence-electron chi connectivity index (χ4n) is 6.86. The van der Waals surface area contributed by atoms with Crippen LogP contribution in [0.3, 0.4) is 0 Å². The van der Waals surface area contributed by atoms with Crippen molar-refractivity contribution < 1.29 is 32.6 Å². The van der Waals surface area contributed by atoms with E-state index in [2.05, 4.69) is 20.7 Å². The smallest absolute Gasteiger partial charge is 0.246 e. The molecule has 1 fully saturated rings. The van der Waals surface area contributed by atoms with Crippen LogP contribution in [0.2, 0.25) is 0 Å². The molecule has 0 aromatic heterocycles. The average molecular weight is 840 g/mol. The Labute approximate surface area is 352 Å². The zero-order valence-electron chi connectivity index (χ0n) is 33.9. The highest BCUT2D eigenvalue weighted by Crippen LogP contribution is 2.47. The van der Waals surface area contributed by atoms with Gasteiger partial charge in [-0.2, -0.15) is 4.72 Å². The number of nitrogens with one attached hydrogen (secondary N) is 5. The number of carbonyl (C=O) groups excluding carboxylic acids is 2. The minimum Gasteiger partial charge on any atom is -0.384 e. The van der Waals surface area contributed by atoms with Crippen LogP contribution < -0.4 is 32.1 Å². The molecule has 0 heterocycles. The first-order valence-corrected chi connectivity index (χ1v) is 21.7. The number of rotatable bonds is 25. The Hall–Kier alpha value is -5.26. The normalized spacial score (nSPS) is 17.2. The maximum atomic E-state index is 14.5. The molecule has 4 aromatic carbocycles. The molecule has 2 amide bonds. The fraction of sp³-hybridized carbons (Fsp3) is 0.356. The molecule has 1 aliphatic carbocycles. The maximum absolute atomic E-state index is 14.5. The molecule has 320 valence electrons. The van der Waals surface area contributed by atoms with E-state index in [-0.39, 0.29) is 30.5 Å². The summed E-state index contributed by atoms with van der Waals surface area (Å²) in [7, 11) is -2.51. The Balaban J connectivity index is 1.32. The quantitative estimate of drug-likeness (QED) is 0.0210. The molecular weight excluding hydrogens is 783 g/mol. The number of sulfonamides is 1. The Kier molecular flexibility index (Phi) is 17.1. The monoisotopic (exact) mass is 839 g/mol. The van der Waals surface area contributed by atoms with Crippen LogP contribution in [0.5, 0.6) is 0 Å². The van der Waals surface area contributed by atoms with Gasteiger partial charge in [0.05, 0.1) is 25.6 Å². The number of nitrogen functional groups attached to an aromatic ring is 1. The van der Waals surface area contributed by atoms with Crippen LogP contribution in [0, 0.1) is 11.3 Å². The van der Waals surface area contributed by atoms with Crippen molar-refractivity contribution >= 4 is 33.7 Å². The van der Waals surface area contributed by atoms with Gasteiger partial charge in [-0.1, -0.05) is 115 Å². The molecule has 10 N–H and O–H groups in total. The third kappa shape index (κ3) is 14.2. The molecule has 0 saturated heterocycles. The number of carbonyl (C=O) groups is 2. The highest BCUT2D eigenvalue weighted by molar-refractivity contribution is 7.88. The lowest BCUT2D eigenvalue weighted by atomic mass is 10.0. The number of aryl methyl sites for hydroxylation is 1. The third-order valence-corrected chi connectivity index (χ3v) is 11.7. The van der Waals surface area contributed by atoms with E-state index in [1.165, 1.54) is 0 Å². The van der Waals surface area contributed by atoms with E-state index < -0.39 is 39.6 Å². The second-order valence-electron chi connectivity index (χ2n) is 15.0. The molecule has 4 aromatic rings. The topological polar surface area (TPSA) is 231 Å². The van der Waals surface area contributed by atoms with Crippen molar-refractivity contribution in [2.24, 2.45) is 17.4 Å². The number of benzene rings is 4. The second kappa shape index (κ2) is 22.4. The molecule has 60 heavy (non-hydrogen) atoms. The number of hydrogen-bond acceptors (Lipinski definition) is 10. The summed E-state index contributed by atoms with van der Waals surface area (Å²) < 4.78 is 41.1. The molecule has 0 radical (unpaired) electrons. The van der Waals surface area contributed by atoms with Crippen molar-refractivity contribution in [1.29, 1.82) is 5.41 Å². The standard InChI is InChI=1S/C45H57N7O7S/c1-58-23-24-59-22-21-41(53)49-30-36-11-6-12-37(26-36)31-60(56,57)52-45(27-39(45)19-15-32-7-3-2-4-8-32)44(55)51-40(20-16-33-9-5-10-35(25-33)28-46)43(54)50-29-34-13-17-38(18-14-34)42(47)48/h2-14,16-18,20,25-26,39-41,49,52-53H,15,19,21-24,27-31,46H2,1H3,(H3,47,48)(H,50,54)(H,51,55)/b20-16+/t39-,40-,41?,45?/m1/s1. The molecule has 0 spiro atoms. The average Bonchev–Trinajstić information content (AvgIpc) is 3.95. The van der Waals surface area contributed by atoms with Crippen molar-refractivity contribution in [3.8, 4) is 0 Å². The number of nitrogens with two attached hydrogens (primary N) is 2. The van der Waals surface area contributed by atoms with Gasteiger partial charge in [-0.3, -0.25) is 20.3 Å². The number of aliphatic hydroxyl groups excluding tert-OH is 1.